The Labute approximate surface area is 578 Å². The molecule has 98 heavy (non-hydrogen) atoms. The van der Waals surface area contributed by atoms with Crippen LogP contribution in [0.3, 0.4) is 0 Å². The van der Waals surface area contributed by atoms with E-state index in [4.69, 9.17) is 0 Å². The lowest BCUT2D eigenvalue weighted by molar-refractivity contribution is 0.590. The molecule has 0 fully saturated rings. The van der Waals surface area contributed by atoms with Gasteiger partial charge in [-0.1, -0.05) is 301 Å². The molecule has 0 N–H and O–H groups in total. The Morgan fingerprint density at radius 3 is 1.18 bits per heavy atom. The maximum Gasteiger partial charge on any atom is 0.252 e. The van der Waals surface area contributed by atoms with Gasteiger partial charge in [0.05, 0.1) is 22.2 Å². The van der Waals surface area contributed by atoms with Gasteiger partial charge in [0.2, 0.25) is 0 Å². The summed E-state index contributed by atoms with van der Waals surface area (Å²) in [6.45, 7) is 27.9. The standard InChI is InChI=1S/C94H82BN3/c1-91(2,3)67-40-45-71(46-41-67)96-84-49-39-65(75-29-21-19-27-73(75)63-35-31-61(32-36-63)59-23-15-13-16-24-59)52-81(84)95-82-53-66(76-30-22-20-28-74(76)64-37-33-62(34-38-64)60-25-17-14-18-26-60)51-80-79-54-68(92(4,5)6)44-50-83(79)98(90(80)82)88-58-72(57-87(96)89(88)95)97-85-55-69(93(7,8)9)42-47-77(85)78-48-43-70(56-86(78)97)94(10,11)12/h13-58H,1-12H3. The van der Waals surface area contributed by atoms with Gasteiger partial charge in [0, 0.05) is 49.8 Å². The zero-order valence-corrected chi connectivity index (χ0v) is 58.5. The number of rotatable bonds is 8. The third-order valence-corrected chi connectivity index (χ3v) is 21.4. The summed E-state index contributed by atoms with van der Waals surface area (Å²) in [5, 5.41) is 5.03. The van der Waals surface area contributed by atoms with Gasteiger partial charge in [0.1, 0.15) is 0 Å². The second-order valence-corrected chi connectivity index (χ2v) is 31.8. The van der Waals surface area contributed by atoms with Crippen LogP contribution in [0.5, 0.6) is 0 Å². The average Bonchev–Trinajstić information content (AvgIpc) is 1.42. The Balaban J connectivity index is 0.991. The van der Waals surface area contributed by atoms with Crippen molar-refractivity contribution >= 4 is 83.8 Å². The molecule has 15 aromatic rings. The zero-order chi connectivity index (χ0) is 67.3. The summed E-state index contributed by atoms with van der Waals surface area (Å²) in [7, 11) is 0. The fraction of sp³-hybridized carbons (Fsp3) is 0.170. The van der Waals surface area contributed by atoms with Crippen LogP contribution in [0, 0.1) is 0 Å². The van der Waals surface area contributed by atoms with Crippen LogP contribution in [-0.2, 0) is 21.7 Å². The lowest BCUT2D eigenvalue weighted by Crippen LogP contribution is -2.60. The molecule has 0 radical (unpaired) electrons. The first kappa shape index (κ1) is 61.0. The summed E-state index contributed by atoms with van der Waals surface area (Å²) in [6.07, 6.45) is 0. The van der Waals surface area contributed by atoms with Gasteiger partial charge in [0.25, 0.3) is 6.71 Å². The van der Waals surface area contributed by atoms with Crippen LogP contribution in [0.1, 0.15) is 105 Å². The number of fused-ring (bicyclic) bond motifs is 10. The van der Waals surface area contributed by atoms with Crippen molar-refractivity contribution in [3.05, 3.63) is 301 Å². The maximum atomic E-state index is 2.68. The number of hydrogen-bond acceptors (Lipinski definition) is 1. The van der Waals surface area contributed by atoms with E-state index in [1.54, 1.807) is 0 Å². The number of hydrogen-bond donors (Lipinski definition) is 0. The molecule has 4 heteroatoms. The van der Waals surface area contributed by atoms with E-state index in [-0.39, 0.29) is 28.4 Å². The van der Waals surface area contributed by atoms with Crippen molar-refractivity contribution in [2.24, 2.45) is 0 Å². The highest BCUT2D eigenvalue weighted by molar-refractivity contribution is 7.00. The summed E-state index contributed by atoms with van der Waals surface area (Å²) in [6, 6.07) is 107. The van der Waals surface area contributed by atoms with E-state index in [2.05, 4.69) is 376 Å². The Hall–Kier alpha value is -10.7. The highest BCUT2D eigenvalue weighted by Crippen LogP contribution is 2.48. The summed E-state index contributed by atoms with van der Waals surface area (Å²) < 4.78 is 5.30. The van der Waals surface area contributed by atoms with Crippen molar-refractivity contribution < 1.29 is 0 Å². The van der Waals surface area contributed by atoms with Crippen LogP contribution in [-0.4, -0.2) is 15.8 Å². The van der Waals surface area contributed by atoms with E-state index in [1.807, 2.05) is 0 Å². The molecule has 476 valence electrons. The van der Waals surface area contributed by atoms with Gasteiger partial charge in [-0.3, -0.25) is 0 Å². The fourth-order valence-electron chi connectivity index (χ4n) is 16.0. The van der Waals surface area contributed by atoms with E-state index in [0.717, 1.165) is 11.4 Å². The van der Waals surface area contributed by atoms with Crippen molar-refractivity contribution in [3.8, 4) is 78.1 Å². The van der Waals surface area contributed by atoms with Crippen LogP contribution in [0.25, 0.3) is 122 Å². The van der Waals surface area contributed by atoms with Gasteiger partial charge in [-0.05, 0) is 188 Å². The number of anilines is 3. The van der Waals surface area contributed by atoms with Gasteiger partial charge in [0.15, 0.2) is 0 Å². The summed E-state index contributed by atoms with van der Waals surface area (Å²) >= 11 is 0. The van der Waals surface area contributed by atoms with Crippen LogP contribution < -0.4 is 21.3 Å². The van der Waals surface area contributed by atoms with Crippen LogP contribution in [0.4, 0.5) is 17.1 Å². The fourth-order valence-corrected chi connectivity index (χ4v) is 16.0. The molecule has 13 aromatic carbocycles. The van der Waals surface area contributed by atoms with E-state index in [1.165, 1.54) is 166 Å². The molecule has 0 amide bonds. The Morgan fingerprint density at radius 2 is 0.663 bits per heavy atom. The highest BCUT2D eigenvalue weighted by atomic mass is 15.2. The minimum absolute atomic E-state index is 0.0413. The van der Waals surface area contributed by atoms with Crippen LogP contribution in [0.15, 0.2) is 279 Å². The largest absolute Gasteiger partial charge is 0.311 e. The second kappa shape index (κ2) is 22.4. The van der Waals surface area contributed by atoms with Crippen molar-refractivity contribution in [3.63, 3.8) is 0 Å². The van der Waals surface area contributed by atoms with Crippen LogP contribution in [0.2, 0.25) is 0 Å². The predicted molar refractivity (Wildman–Crippen MR) is 422 cm³/mol. The lowest BCUT2D eigenvalue weighted by Gasteiger charge is -2.41. The molecule has 2 aromatic heterocycles. The predicted octanol–water partition coefficient (Wildman–Crippen LogP) is 23.7. The lowest BCUT2D eigenvalue weighted by atomic mass is 9.33. The second-order valence-electron chi connectivity index (χ2n) is 31.8. The number of benzene rings is 13. The molecule has 17 rings (SSSR count). The van der Waals surface area contributed by atoms with Gasteiger partial charge in [-0.15, -0.1) is 0 Å². The first-order chi connectivity index (χ1) is 47.1. The molecule has 0 unspecified atom stereocenters. The monoisotopic (exact) mass is 1260 g/mol. The van der Waals surface area contributed by atoms with Crippen molar-refractivity contribution in [1.82, 2.24) is 9.13 Å². The maximum absolute atomic E-state index is 2.68. The van der Waals surface area contributed by atoms with E-state index < -0.39 is 0 Å². The molecular formula is C94H82BN3. The normalized spacial score (nSPS) is 13.1. The molecule has 2 aliphatic rings. The number of aromatic nitrogens is 2. The molecule has 0 saturated heterocycles. The van der Waals surface area contributed by atoms with Crippen molar-refractivity contribution in [2.45, 2.75) is 105 Å². The smallest absolute Gasteiger partial charge is 0.252 e. The molecule has 0 bridgehead atoms. The van der Waals surface area contributed by atoms with E-state index in [0.29, 0.717) is 0 Å². The third kappa shape index (κ3) is 10.1. The van der Waals surface area contributed by atoms with Gasteiger partial charge >= 0.3 is 0 Å². The third-order valence-electron chi connectivity index (χ3n) is 21.4. The van der Waals surface area contributed by atoms with Crippen molar-refractivity contribution in [1.29, 1.82) is 0 Å². The molecule has 0 aliphatic carbocycles. The molecule has 3 nitrogen and oxygen atoms in total. The van der Waals surface area contributed by atoms with E-state index >= 15 is 0 Å². The average molecular weight is 1260 g/mol. The molecule has 0 spiro atoms. The molecule has 0 atom stereocenters. The zero-order valence-electron chi connectivity index (χ0n) is 58.5. The number of nitrogens with zero attached hydrogens (tertiary/aromatic N) is 3. The first-order valence-corrected chi connectivity index (χ1v) is 35.1. The summed E-state index contributed by atoms with van der Waals surface area (Å²) in [4.78, 5) is 2.62. The van der Waals surface area contributed by atoms with E-state index in [9.17, 15) is 0 Å². The Morgan fingerprint density at radius 1 is 0.245 bits per heavy atom. The Kier molecular flexibility index (Phi) is 14.0. The molecule has 4 heterocycles. The summed E-state index contributed by atoms with van der Waals surface area (Å²) in [5.74, 6) is 0. The van der Waals surface area contributed by atoms with Crippen molar-refractivity contribution in [2.75, 3.05) is 4.90 Å². The first-order valence-electron chi connectivity index (χ1n) is 35.1. The minimum Gasteiger partial charge on any atom is -0.311 e. The molecule has 2 aliphatic heterocycles. The minimum atomic E-state index is -0.191. The quantitative estimate of drug-likeness (QED) is 0.138. The van der Waals surface area contributed by atoms with Crippen LogP contribution >= 0.6 is 0 Å². The highest BCUT2D eigenvalue weighted by Gasteiger charge is 2.44. The van der Waals surface area contributed by atoms with Gasteiger partial charge in [-0.25, -0.2) is 0 Å². The van der Waals surface area contributed by atoms with Gasteiger partial charge < -0.3 is 14.0 Å². The SMILES string of the molecule is CC(C)(C)c1ccc(N2c3ccc(-c4ccccc4-c4ccc(-c5ccccc5)cc4)cc3B3c4c2cc(-n2c5cc(C(C)(C)C)ccc5c5ccc(C(C)(C)C)cc52)cc4-n2c4ccc(C(C)(C)C)cc4c4cc(-c5ccccc5-c5ccc(-c6ccccc6)cc5)cc3c42)cc1. The molecular weight excluding hydrogens is 1180 g/mol. The van der Waals surface area contributed by atoms with Gasteiger partial charge in [-0.2, -0.15) is 0 Å². The summed E-state index contributed by atoms with van der Waals surface area (Å²) in [5.41, 5.74) is 33.9. The Bertz CT molecular complexity index is 5610. The topological polar surface area (TPSA) is 13.1 Å². The molecule has 0 saturated carbocycles.